The fraction of sp³-hybridized carbons (Fsp3) is 0.316. The average molecular weight is 440 g/mol. The first-order valence-corrected chi connectivity index (χ1v) is 10.9. The fourth-order valence-electron chi connectivity index (χ4n) is 2.92. The van der Waals surface area contributed by atoms with E-state index in [0.29, 0.717) is 60.7 Å². The van der Waals surface area contributed by atoms with Crippen LogP contribution in [-0.4, -0.2) is 57.0 Å². The molecule has 0 bridgehead atoms. The molecule has 1 aliphatic heterocycles. The van der Waals surface area contributed by atoms with Gasteiger partial charge in [-0.25, -0.2) is 8.42 Å². The molecule has 0 amide bonds. The van der Waals surface area contributed by atoms with Gasteiger partial charge in [0, 0.05) is 43.8 Å². The maximum Gasteiger partial charge on any atom is 0.243 e. The molecule has 0 saturated carbocycles. The van der Waals surface area contributed by atoms with E-state index >= 15 is 0 Å². The molecule has 9 heteroatoms. The Bertz CT molecular complexity index is 967. The van der Waals surface area contributed by atoms with E-state index in [1.54, 1.807) is 18.2 Å². The highest BCUT2D eigenvalue weighted by molar-refractivity contribution is 7.89. The van der Waals surface area contributed by atoms with Gasteiger partial charge in [0.2, 0.25) is 10.0 Å². The Morgan fingerprint density at radius 2 is 1.71 bits per heavy atom. The topological polar surface area (TPSA) is 73.6 Å². The van der Waals surface area contributed by atoms with Crippen molar-refractivity contribution in [3.63, 3.8) is 0 Å². The van der Waals surface area contributed by atoms with E-state index in [9.17, 15) is 8.42 Å². The Hall–Kier alpha value is -1.82. The minimum Gasteiger partial charge on any atom is -0.491 e. The molecule has 1 fully saturated rings. The largest absolute Gasteiger partial charge is 0.491 e. The number of piperazine rings is 1. The summed E-state index contributed by atoms with van der Waals surface area (Å²) in [5, 5.41) is 9.90. The number of ether oxygens (including phenoxy) is 1. The number of hydrogen-bond donors (Lipinski definition) is 0. The molecule has 0 unspecified atom stereocenters. The summed E-state index contributed by atoms with van der Waals surface area (Å²) in [5.41, 5.74) is 0.434. The summed E-state index contributed by atoms with van der Waals surface area (Å²) in [4.78, 5) is 2.35. The molecule has 0 aromatic heterocycles. The summed E-state index contributed by atoms with van der Waals surface area (Å²) in [7, 11) is -3.55. The van der Waals surface area contributed by atoms with Gasteiger partial charge in [0.05, 0.1) is 21.6 Å². The van der Waals surface area contributed by atoms with Crippen LogP contribution >= 0.6 is 23.2 Å². The molecule has 0 atom stereocenters. The van der Waals surface area contributed by atoms with E-state index in [1.807, 2.05) is 6.07 Å². The first kappa shape index (κ1) is 20.9. The molecule has 1 aliphatic rings. The molecule has 0 aliphatic carbocycles. The summed E-state index contributed by atoms with van der Waals surface area (Å²) < 4.78 is 32.6. The molecule has 2 aromatic carbocycles. The van der Waals surface area contributed by atoms with E-state index in [-0.39, 0.29) is 4.90 Å². The van der Waals surface area contributed by atoms with E-state index in [4.69, 9.17) is 33.2 Å². The second kappa shape index (κ2) is 9.12. The van der Waals surface area contributed by atoms with Gasteiger partial charge in [-0.3, -0.25) is 4.90 Å². The van der Waals surface area contributed by atoms with Crippen LogP contribution in [0, 0.1) is 11.3 Å². The van der Waals surface area contributed by atoms with Crippen molar-refractivity contribution in [2.45, 2.75) is 4.90 Å². The van der Waals surface area contributed by atoms with Gasteiger partial charge < -0.3 is 4.74 Å². The Balaban J connectivity index is 1.51. The zero-order valence-corrected chi connectivity index (χ0v) is 17.3. The van der Waals surface area contributed by atoms with Crippen molar-refractivity contribution in [2.24, 2.45) is 0 Å². The second-order valence-corrected chi connectivity index (χ2v) is 9.09. The van der Waals surface area contributed by atoms with Crippen LogP contribution in [0.2, 0.25) is 10.0 Å². The number of halogens is 2. The van der Waals surface area contributed by atoms with Gasteiger partial charge in [0.25, 0.3) is 0 Å². The van der Waals surface area contributed by atoms with Crippen LogP contribution in [0.15, 0.2) is 47.4 Å². The lowest BCUT2D eigenvalue weighted by Crippen LogP contribution is -2.49. The van der Waals surface area contributed by atoms with Crippen LogP contribution < -0.4 is 4.74 Å². The molecule has 6 nitrogen and oxygen atoms in total. The molecule has 0 spiro atoms. The second-order valence-electron chi connectivity index (χ2n) is 6.31. The van der Waals surface area contributed by atoms with E-state index in [2.05, 4.69) is 4.90 Å². The van der Waals surface area contributed by atoms with Crippen LogP contribution in [0.1, 0.15) is 5.56 Å². The van der Waals surface area contributed by atoms with Gasteiger partial charge in [0.1, 0.15) is 12.4 Å². The monoisotopic (exact) mass is 439 g/mol. The van der Waals surface area contributed by atoms with Crippen molar-refractivity contribution in [3.8, 4) is 11.8 Å². The van der Waals surface area contributed by atoms with Crippen LogP contribution in [0.4, 0.5) is 0 Å². The summed E-state index contributed by atoms with van der Waals surface area (Å²) >= 11 is 12.0. The van der Waals surface area contributed by atoms with Gasteiger partial charge in [-0.2, -0.15) is 9.57 Å². The van der Waals surface area contributed by atoms with E-state index in [1.165, 1.54) is 28.6 Å². The zero-order valence-electron chi connectivity index (χ0n) is 15.0. The molecule has 0 N–H and O–H groups in total. The maximum atomic E-state index is 12.7. The quantitative estimate of drug-likeness (QED) is 0.690. The molecule has 0 radical (unpaired) electrons. The number of sulfonamides is 1. The maximum absolute atomic E-state index is 12.7. The van der Waals surface area contributed by atoms with Crippen molar-refractivity contribution in [1.29, 1.82) is 5.26 Å². The molecule has 148 valence electrons. The highest BCUT2D eigenvalue weighted by atomic mass is 35.5. The molecule has 2 aromatic rings. The predicted molar refractivity (Wildman–Crippen MR) is 108 cm³/mol. The Kier molecular flexibility index (Phi) is 6.81. The highest BCUT2D eigenvalue weighted by Gasteiger charge is 2.28. The summed E-state index contributed by atoms with van der Waals surface area (Å²) in [5.74, 6) is 0.538. The number of nitriles is 1. The third kappa shape index (κ3) is 4.96. The fourth-order valence-corrected chi connectivity index (χ4v) is 4.67. The minimum atomic E-state index is -3.55. The Morgan fingerprint density at radius 1 is 1.04 bits per heavy atom. The van der Waals surface area contributed by atoms with Crippen molar-refractivity contribution < 1.29 is 13.2 Å². The van der Waals surface area contributed by atoms with Crippen molar-refractivity contribution in [3.05, 3.63) is 58.1 Å². The van der Waals surface area contributed by atoms with Gasteiger partial charge in [0.15, 0.2) is 0 Å². The van der Waals surface area contributed by atoms with Crippen molar-refractivity contribution in [2.75, 3.05) is 39.3 Å². The first-order chi connectivity index (χ1) is 13.4. The lowest BCUT2D eigenvalue weighted by atomic mass is 10.2. The summed E-state index contributed by atoms with van der Waals surface area (Å²) in [6.07, 6.45) is 0. The molecular weight excluding hydrogens is 421 g/mol. The number of hydrogen-bond acceptors (Lipinski definition) is 5. The van der Waals surface area contributed by atoms with Gasteiger partial charge in [-0.05, 0) is 36.4 Å². The zero-order chi connectivity index (χ0) is 20.1. The Labute approximate surface area is 174 Å². The van der Waals surface area contributed by atoms with Crippen molar-refractivity contribution in [1.82, 2.24) is 9.21 Å². The van der Waals surface area contributed by atoms with Gasteiger partial charge in [-0.1, -0.05) is 23.2 Å². The highest BCUT2D eigenvalue weighted by Crippen LogP contribution is 2.27. The lowest BCUT2D eigenvalue weighted by Gasteiger charge is -2.33. The number of rotatable bonds is 6. The minimum absolute atomic E-state index is 0.207. The summed E-state index contributed by atoms with van der Waals surface area (Å²) in [6.45, 7) is 3.13. The molecular formula is C19H19Cl2N3O3S. The average Bonchev–Trinajstić information content (AvgIpc) is 2.71. The van der Waals surface area contributed by atoms with E-state index < -0.39 is 10.0 Å². The predicted octanol–water partition coefficient (Wildman–Crippen LogP) is 3.25. The third-order valence-corrected chi connectivity index (χ3v) is 6.97. The number of nitrogens with zero attached hydrogens (tertiary/aromatic N) is 3. The molecule has 1 saturated heterocycles. The van der Waals surface area contributed by atoms with Gasteiger partial charge in [-0.15, -0.1) is 0 Å². The van der Waals surface area contributed by atoms with Gasteiger partial charge >= 0.3 is 0 Å². The Morgan fingerprint density at radius 3 is 2.36 bits per heavy atom. The third-order valence-electron chi connectivity index (χ3n) is 4.51. The number of benzene rings is 2. The molecule has 28 heavy (non-hydrogen) atoms. The molecule has 3 rings (SSSR count). The smallest absolute Gasteiger partial charge is 0.243 e. The van der Waals surface area contributed by atoms with Crippen LogP contribution in [0.25, 0.3) is 0 Å². The van der Waals surface area contributed by atoms with E-state index in [0.717, 1.165) is 0 Å². The van der Waals surface area contributed by atoms with Crippen LogP contribution in [0.3, 0.4) is 0 Å². The van der Waals surface area contributed by atoms with Crippen LogP contribution in [0.5, 0.6) is 5.75 Å². The lowest BCUT2D eigenvalue weighted by molar-refractivity contribution is 0.159. The van der Waals surface area contributed by atoms with Crippen LogP contribution in [-0.2, 0) is 10.0 Å². The summed E-state index contributed by atoms with van der Waals surface area (Å²) in [6, 6.07) is 13.0. The molecule has 1 heterocycles. The van der Waals surface area contributed by atoms with Crippen molar-refractivity contribution >= 4 is 33.2 Å². The SMILES string of the molecule is N#Cc1ccc(S(=O)(=O)N2CCN(CCOc3cc(Cl)ccc3Cl)CC2)cc1. The first-order valence-electron chi connectivity index (χ1n) is 8.70. The normalized spacial score (nSPS) is 15.9. The standard InChI is InChI=1S/C19H19Cl2N3O3S/c20-16-3-6-18(21)19(13-16)27-12-11-23-7-9-24(10-8-23)28(25,26)17-4-1-15(14-22)2-5-17/h1-6,13H,7-12H2.